The van der Waals surface area contributed by atoms with Gasteiger partial charge in [0.25, 0.3) is 0 Å². The molecule has 0 rings (SSSR count). The number of hydrogen-bond acceptors (Lipinski definition) is 0. The van der Waals surface area contributed by atoms with E-state index in [9.17, 15) is 0 Å². The summed E-state index contributed by atoms with van der Waals surface area (Å²) in [6.07, 6.45) is 5.10. The fraction of sp³-hybridized carbons (Fsp3) is 0.667. The van der Waals surface area contributed by atoms with Crippen molar-refractivity contribution in [3.63, 3.8) is 0 Å². The molecule has 0 aliphatic heterocycles. The smallest absolute Gasteiger partial charge is 0.0137 e. The van der Waals surface area contributed by atoms with Crippen molar-refractivity contribution >= 4 is 0 Å². The average molecular weight is 165 g/mol. The van der Waals surface area contributed by atoms with Gasteiger partial charge in [-0.3, -0.25) is 0 Å². The van der Waals surface area contributed by atoms with Crippen LogP contribution in [-0.4, -0.2) is 0 Å². The Bertz CT molecular complexity index is 170. The number of hydrogen-bond donors (Lipinski definition) is 0. The zero-order valence-corrected chi connectivity index (χ0v) is 9.02. The Balaban J connectivity index is 4.12. The predicted octanol–water partition coefficient (Wildman–Crippen LogP) is 3.99. The maximum absolute atomic E-state index is 5.51. The topological polar surface area (TPSA) is 0 Å². The van der Waals surface area contributed by atoms with Gasteiger partial charge in [0.15, 0.2) is 0 Å². The lowest BCUT2D eigenvalue weighted by atomic mass is 9.88. The molecule has 0 saturated heterocycles. The minimum Gasteiger partial charge on any atom is -0.0845 e. The van der Waals surface area contributed by atoms with Crippen LogP contribution in [-0.2, 0) is 0 Å². The first-order valence-electron chi connectivity index (χ1n) is 4.62. The van der Waals surface area contributed by atoms with Crippen molar-refractivity contribution in [3.05, 3.63) is 24.3 Å². The molecule has 0 saturated carbocycles. The molecule has 0 N–H and O–H groups in total. The molecule has 0 aliphatic rings. The summed E-state index contributed by atoms with van der Waals surface area (Å²) in [5.74, 6) is 0.651. The first-order valence-corrected chi connectivity index (χ1v) is 4.62. The van der Waals surface area contributed by atoms with Crippen LogP contribution in [0.3, 0.4) is 0 Å². The van der Waals surface area contributed by atoms with E-state index in [4.69, 9.17) is 6.58 Å². The second-order valence-electron chi connectivity index (χ2n) is 4.46. The second-order valence-corrected chi connectivity index (χ2v) is 4.46. The molecule has 1 radical (unpaired) electrons. The minimum absolute atomic E-state index is 0.135. The van der Waals surface area contributed by atoms with Crippen LogP contribution in [0.4, 0.5) is 0 Å². The Morgan fingerprint density at radius 2 is 1.92 bits per heavy atom. The van der Waals surface area contributed by atoms with Crippen molar-refractivity contribution in [2.45, 2.75) is 41.0 Å². The molecular weight excluding hydrogens is 144 g/mol. The molecule has 0 fully saturated rings. The first kappa shape index (κ1) is 11.5. The Labute approximate surface area is 77.4 Å². The maximum atomic E-state index is 5.51. The molecule has 0 aliphatic carbocycles. The fourth-order valence-corrected chi connectivity index (χ4v) is 0.728. The van der Waals surface area contributed by atoms with Gasteiger partial charge in [-0.1, -0.05) is 52.0 Å². The molecule has 0 heteroatoms. The van der Waals surface area contributed by atoms with Crippen molar-refractivity contribution in [2.24, 2.45) is 11.3 Å². The minimum atomic E-state index is 0.135. The Morgan fingerprint density at radius 1 is 1.42 bits per heavy atom. The van der Waals surface area contributed by atoms with E-state index in [-0.39, 0.29) is 5.41 Å². The summed E-state index contributed by atoms with van der Waals surface area (Å²) in [5, 5.41) is 0. The van der Waals surface area contributed by atoms with E-state index in [2.05, 4.69) is 40.7 Å². The molecule has 0 nitrogen and oxygen atoms in total. The van der Waals surface area contributed by atoms with Gasteiger partial charge < -0.3 is 0 Å². The van der Waals surface area contributed by atoms with Gasteiger partial charge >= 0.3 is 0 Å². The van der Waals surface area contributed by atoms with Crippen molar-refractivity contribution in [1.82, 2.24) is 0 Å². The summed E-state index contributed by atoms with van der Waals surface area (Å²) >= 11 is 0. The first-order chi connectivity index (χ1) is 5.39. The zero-order valence-electron chi connectivity index (χ0n) is 9.02. The molecule has 0 aromatic rings. The Kier molecular flexibility index (Phi) is 4.30. The lowest BCUT2D eigenvalue weighted by Gasteiger charge is -2.17. The average Bonchev–Trinajstić information content (AvgIpc) is 2.00. The quantitative estimate of drug-likeness (QED) is 0.552. The Hall–Kier alpha value is -0.520. The molecule has 0 aromatic heterocycles. The molecule has 0 atom stereocenters. The number of rotatable bonds is 4. The van der Waals surface area contributed by atoms with Crippen LogP contribution in [0.25, 0.3) is 0 Å². The molecular formula is C12H21. The van der Waals surface area contributed by atoms with Crippen LogP contribution in [0.5, 0.6) is 0 Å². The van der Waals surface area contributed by atoms with Gasteiger partial charge in [-0.05, 0) is 24.7 Å². The summed E-state index contributed by atoms with van der Waals surface area (Å²) in [5.41, 5.74) is 1.58. The normalized spacial score (nSPS) is 13.7. The lowest BCUT2D eigenvalue weighted by molar-refractivity contribution is 0.485. The standard InChI is InChI=1S/C12H21/c1-7-12(5,6)9-8-11(4)10(2)3/h1,7-8,10H,9H2,2-6H3. The maximum Gasteiger partial charge on any atom is -0.0137 e. The summed E-state index contributed by atoms with van der Waals surface area (Å²) in [7, 11) is 0. The van der Waals surface area contributed by atoms with E-state index < -0.39 is 0 Å². The third-order valence-electron chi connectivity index (χ3n) is 2.31. The van der Waals surface area contributed by atoms with Crippen LogP contribution in [0, 0.1) is 17.9 Å². The highest BCUT2D eigenvalue weighted by atomic mass is 14.2. The van der Waals surface area contributed by atoms with Gasteiger partial charge in [-0.15, -0.1) is 0 Å². The molecule has 0 spiro atoms. The molecule has 0 unspecified atom stereocenters. The van der Waals surface area contributed by atoms with E-state index in [1.807, 2.05) is 0 Å². The predicted molar refractivity (Wildman–Crippen MR) is 55.9 cm³/mol. The molecule has 12 heavy (non-hydrogen) atoms. The van der Waals surface area contributed by atoms with Crippen LogP contribution in [0.2, 0.25) is 0 Å². The SMILES string of the molecule is [CH]=CC(C)(C)CC=C(C)C(C)C. The van der Waals surface area contributed by atoms with Crippen LogP contribution in [0.1, 0.15) is 41.0 Å². The monoisotopic (exact) mass is 165 g/mol. The molecule has 69 valence electrons. The van der Waals surface area contributed by atoms with Gasteiger partial charge in [-0.25, -0.2) is 0 Å². The lowest BCUT2D eigenvalue weighted by Crippen LogP contribution is -2.05. The molecule has 0 bridgehead atoms. The van der Waals surface area contributed by atoms with Crippen molar-refractivity contribution < 1.29 is 0 Å². The summed E-state index contributed by atoms with van der Waals surface area (Å²) in [4.78, 5) is 0. The van der Waals surface area contributed by atoms with Gasteiger partial charge in [0.2, 0.25) is 0 Å². The highest BCUT2D eigenvalue weighted by Gasteiger charge is 2.10. The van der Waals surface area contributed by atoms with Crippen molar-refractivity contribution in [3.8, 4) is 0 Å². The van der Waals surface area contributed by atoms with Crippen molar-refractivity contribution in [2.75, 3.05) is 0 Å². The highest BCUT2D eigenvalue weighted by Crippen LogP contribution is 2.23. The van der Waals surface area contributed by atoms with E-state index in [0.29, 0.717) is 5.92 Å². The van der Waals surface area contributed by atoms with Gasteiger partial charge in [0.1, 0.15) is 0 Å². The molecule has 0 amide bonds. The largest absolute Gasteiger partial charge is 0.0845 e. The summed E-state index contributed by atoms with van der Waals surface area (Å²) in [6.45, 7) is 16.4. The van der Waals surface area contributed by atoms with E-state index in [1.165, 1.54) is 5.57 Å². The number of allylic oxidation sites excluding steroid dienone is 3. The third-order valence-corrected chi connectivity index (χ3v) is 2.31. The van der Waals surface area contributed by atoms with Gasteiger partial charge in [-0.2, -0.15) is 0 Å². The van der Waals surface area contributed by atoms with E-state index in [1.54, 1.807) is 6.08 Å². The van der Waals surface area contributed by atoms with Gasteiger partial charge in [0.05, 0.1) is 0 Å². The summed E-state index contributed by atoms with van der Waals surface area (Å²) < 4.78 is 0. The highest BCUT2D eigenvalue weighted by molar-refractivity contribution is 5.04. The van der Waals surface area contributed by atoms with Crippen molar-refractivity contribution in [1.29, 1.82) is 0 Å². The third kappa shape index (κ3) is 4.38. The molecule has 0 heterocycles. The molecule has 0 aromatic carbocycles. The summed E-state index contributed by atoms with van der Waals surface area (Å²) in [6, 6.07) is 0. The Morgan fingerprint density at radius 3 is 2.25 bits per heavy atom. The van der Waals surface area contributed by atoms with Crippen LogP contribution >= 0.6 is 0 Å². The second kappa shape index (κ2) is 4.49. The van der Waals surface area contributed by atoms with E-state index >= 15 is 0 Å². The fourth-order valence-electron chi connectivity index (χ4n) is 0.728. The zero-order chi connectivity index (χ0) is 9.78. The van der Waals surface area contributed by atoms with Crippen LogP contribution < -0.4 is 0 Å². The van der Waals surface area contributed by atoms with Crippen LogP contribution in [0.15, 0.2) is 17.7 Å². The van der Waals surface area contributed by atoms with Gasteiger partial charge in [0, 0.05) is 0 Å². The van der Waals surface area contributed by atoms with E-state index in [0.717, 1.165) is 6.42 Å².